The maximum absolute atomic E-state index is 13.7. The van der Waals surface area contributed by atoms with Crippen molar-refractivity contribution in [3.8, 4) is 11.5 Å². The number of nitrogens with zero attached hydrogens (tertiary/aromatic N) is 1. The van der Waals surface area contributed by atoms with Crippen molar-refractivity contribution in [2.75, 3.05) is 24.5 Å². The predicted molar refractivity (Wildman–Crippen MR) is 117 cm³/mol. The van der Waals surface area contributed by atoms with E-state index in [4.69, 9.17) is 14.2 Å². The molecule has 0 radical (unpaired) electrons. The van der Waals surface area contributed by atoms with Crippen molar-refractivity contribution < 1.29 is 28.7 Å². The van der Waals surface area contributed by atoms with Crippen molar-refractivity contribution in [2.24, 2.45) is 11.8 Å². The van der Waals surface area contributed by atoms with Gasteiger partial charge in [-0.15, -0.1) is 0 Å². The molecule has 3 aliphatic rings. The van der Waals surface area contributed by atoms with Gasteiger partial charge in [0.25, 0.3) is 5.69 Å². The minimum absolute atomic E-state index is 0.0484. The monoisotopic (exact) mass is 451 g/mol. The van der Waals surface area contributed by atoms with E-state index in [9.17, 15) is 19.7 Å². The number of nitro benzene ring substituents is 1. The second-order valence-corrected chi connectivity index (χ2v) is 8.21. The Morgan fingerprint density at radius 1 is 1.18 bits per heavy atom. The van der Waals surface area contributed by atoms with Gasteiger partial charge >= 0.3 is 5.97 Å². The number of para-hydroxylation sites is 2. The van der Waals surface area contributed by atoms with Crippen LogP contribution in [0.15, 0.2) is 47.7 Å². The molecule has 2 N–H and O–H groups in total. The van der Waals surface area contributed by atoms with Crippen molar-refractivity contribution in [2.45, 2.75) is 19.4 Å². The number of hydrogen-bond acceptors (Lipinski definition) is 9. The average Bonchev–Trinajstić information content (AvgIpc) is 3.18. The minimum atomic E-state index is -1.01. The molecule has 5 rings (SSSR count). The van der Waals surface area contributed by atoms with E-state index in [2.05, 4.69) is 10.6 Å². The first-order chi connectivity index (χ1) is 15.9. The number of carbonyl (C=O) groups is 2. The summed E-state index contributed by atoms with van der Waals surface area (Å²) in [4.78, 5) is 37.7. The summed E-state index contributed by atoms with van der Waals surface area (Å²) in [6.07, 6.45) is 0.395. The van der Waals surface area contributed by atoms with E-state index in [1.165, 1.54) is 19.2 Å². The Labute approximate surface area is 188 Å². The van der Waals surface area contributed by atoms with E-state index < -0.39 is 28.6 Å². The molecule has 10 heteroatoms. The number of nitrogens with one attached hydrogen (secondary N) is 2. The fraction of sp³-hybridized carbons (Fsp3) is 0.304. The Kier molecular flexibility index (Phi) is 4.92. The normalized spacial score (nSPS) is 23.0. The number of benzene rings is 2. The first-order valence-corrected chi connectivity index (χ1v) is 10.4. The van der Waals surface area contributed by atoms with Crippen molar-refractivity contribution in [3.63, 3.8) is 0 Å². The molecule has 33 heavy (non-hydrogen) atoms. The van der Waals surface area contributed by atoms with Gasteiger partial charge in [-0.05, 0) is 30.5 Å². The molecule has 170 valence electrons. The Morgan fingerprint density at radius 2 is 1.88 bits per heavy atom. The highest BCUT2D eigenvalue weighted by atomic mass is 16.7. The molecule has 2 aliphatic heterocycles. The molecule has 0 fully saturated rings. The smallest absolute Gasteiger partial charge is 0.316 e. The van der Waals surface area contributed by atoms with Gasteiger partial charge in [0.05, 0.1) is 41.1 Å². The molecule has 1 aliphatic carbocycles. The minimum Gasteiger partial charge on any atom is -0.468 e. The number of rotatable bonds is 3. The highest BCUT2D eigenvalue weighted by molar-refractivity contribution is 6.11. The van der Waals surface area contributed by atoms with Gasteiger partial charge in [-0.3, -0.25) is 19.7 Å². The highest BCUT2D eigenvalue weighted by Gasteiger charge is 2.45. The standard InChI is InChI=1S/C23H21N3O7/c1-11-7-15-20(22(27)19(11)23(28)31-2)21(25-14-6-4-3-5-13(14)24-15)12-8-17-18(33-10-32-17)9-16(12)26(29)30/h3-6,8-9,11,19,21,24-25H,7,10H2,1-2H3/t11-,19+,21-/m0/s1. The molecule has 0 saturated heterocycles. The molecule has 0 unspecified atom stereocenters. The zero-order chi connectivity index (χ0) is 23.3. The summed E-state index contributed by atoms with van der Waals surface area (Å²) in [5.41, 5.74) is 2.29. The lowest BCUT2D eigenvalue weighted by Crippen LogP contribution is -2.39. The Bertz CT molecular complexity index is 1220. The van der Waals surface area contributed by atoms with Crippen molar-refractivity contribution >= 4 is 28.8 Å². The molecule has 2 aromatic carbocycles. The SMILES string of the molecule is COC(=O)[C@H]1C(=O)C2=C(C[C@@H]1C)Nc1ccccc1N[C@H]2c1cc2c(cc1[N+](=O)[O-])OCO2. The maximum atomic E-state index is 13.7. The van der Waals surface area contributed by atoms with Gasteiger partial charge in [0, 0.05) is 11.3 Å². The van der Waals surface area contributed by atoms with Gasteiger partial charge in [0.2, 0.25) is 6.79 Å². The summed E-state index contributed by atoms with van der Waals surface area (Å²) in [6, 6.07) is 9.27. The number of hydrogen-bond donors (Lipinski definition) is 2. The molecule has 0 aromatic heterocycles. The molecule has 2 heterocycles. The van der Waals surface area contributed by atoms with Gasteiger partial charge in [-0.25, -0.2) is 0 Å². The summed E-state index contributed by atoms with van der Waals surface area (Å²) < 4.78 is 15.7. The largest absolute Gasteiger partial charge is 0.468 e. The van der Waals surface area contributed by atoms with Crippen LogP contribution in [0.2, 0.25) is 0 Å². The number of allylic oxidation sites excluding steroid dienone is 1. The van der Waals surface area contributed by atoms with Gasteiger partial charge in [0.1, 0.15) is 5.92 Å². The number of carbonyl (C=O) groups excluding carboxylic acids is 2. The number of methoxy groups -OCH3 is 1. The van der Waals surface area contributed by atoms with Crippen LogP contribution in [0.25, 0.3) is 0 Å². The lowest BCUT2D eigenvalue weighted by Gasteiger charge is -2.32. The Morgan fingerprint density at radius 3 is 2.58 bits per heavy atom. The van der Waals surface area contributed by atoms with E-state index in [1.807, 2.05) is 31.2 Å². The second kappa shape index (κ2) is 7.80. The number of Topliss-reactive ketones (excluding diaryl/α,β-unsaturated/α-hetero) is 1. The maximum Gasteiger partial charge on any atom is 0.316 e. The molecule has 3 atom stereocenters. The lowest BCUT2D eigenvalue weighted by molar-refractivity contribution is -0.385. The third-order valence-electron chi connectivity index (χ3n) is 6.25. The summed E-state index contributed by atoms with van der Waals surface area (Å²) in [6.45, 7) is 1.76. The van der Waals surface area contributed by atoms with E-state index >= 15 is 0 Å². The van der Waals surface area contributed by atoms with Crippen LogP contribution in [0, 0.1) is 22.0 Å². The van der Waals surface area contributed by atoms with E-state index in [0.717, 1.165) is 5.69 Å². The topological polar surface area (TPSA) is 129 Å². The first kappa shape index (κ1) is 20.8. The zero-order valence-corrected chi connectivity index (χ0v) is 17.9. The number of esters is 1. The molecule has 10 nitrogen and oxygen atoms in total. The summed E-state index contributed by atoms with van der Waals surface area (Å²) >= 11 is 0. The van der Waals surface area contributed by atoms with Crippen LogP contribution in [0.4, 0.5) is 17.1 Å². The molecular formula is C23H21N3O7. The highest BCUT2D eigenvalue weighted by Crippen LogP contribution is 2.48. The van der Waals surface area contributed by atoms with Gasteiger partial charge in [-0.1, -0.05) is 19.1 Å². The van der Waals surface area contributed by atoms with Crippen LogP contribution in [-0.4, -0.2) is 30.6 Å². The molecular weight excluding hydrogens is 430 g/mol. The van der Waals surface area contributed by atoms with Crippen LogP contribution >= 0.6 is 0 Å². The zero-order valence-electron chi connectivity index (χ0n) is 17.9. The van der Waals surface area contributed by atoms with Crippen LogP contribution in [0.5, 0.6) is 11.5 Å². The van der Waals surface area contributed by atoms with Crippen LogP contribution < -0.4 is 20.1 Å². The average molecular weight is 451 g/mol. The van der Waals surface area contributed by atoms with Crippen molar-refractivity contribution in [3.05, 3.63) is 63.3 Å². The van der Waals surface area contributed by atoms with Gasteiger partial charge < -0.3 is 24.8 Å². The van der Waals surface area contributed by atoms with Crippen molar-refractivity contribution in [1.29, 1.82) is 0 Å². The van der Waals surface area contributed by atoms with Crippen LogP contribution in [0.3, 0.4) is 0 Å². The Balaban J connectivity index is 1.73. The molecule has 2 aromatic rings. The number of ether oxygens (including phenoxy) is 3. The summed E-state index contributed by atoms with van der Waals surface area (Å²) in [5, 5.41) is 18.6. The number of nitro groups is 1. The van der Waals surface area contributed by atoms with Crippen LogP contribution in [0.1, 0.15) is 24.9 Å². The van der Waals surface area contributed by atoms with E-state index in [1.54, 1.807) is 0 Å². The molecule has 0 saturated carbocycles. The quantitative estimate of drug-likeness (QED) is 0.311. The fourth-order valence-corrected chi connectivity index (χ4v) is 4.70. The van der Waals surface area contributed by atoms with Gasteiger partial charge in [-0.2, -0.15) is 0 Å². The third-order valence-corrected chi connectivity index (χ3v) is 6.25. The van der Waals surface area contributed by atoms with Gasteiger partial charge in [0.15, 0.2) is 17.3 Å². The predicted octanol–water partition coefficient (Wildman–Crippen LogP) is 3.55. The number of ketones is 1. The van der Waals surface area contributed by atoms with E-state index in [0.29, 0.717) is 23.6 Å². The molecule has 0 amide bonds. The second-order valence-electron chi connectivity index (χ2n) is 8.21. The number of fused-ring (bicyclic) bond motifs is 2. The molecule has 0 bridgehead atoms. The lowest BCUT2D eigenvalue weighted by atomic mass is 9.74. The van der Waals surface area contributed by atoms with E-state index in [-0.39, 0.29) is 35.3 Å². The molecule has 0 spiro atoms. The third kappa shape index (κ3) is 3.34. The van der Waals surface area contributed by atoms with Crippen LogP contribution in [-0.2, 0) is 14.3 Å². The summed E-state index contributed by atoms with van der Waals surface area (Å²) in [7, 11) is 1.24. The first-order valence-electron chi connectivity index (χ1n) is 10.4. The Hall–Kier alpha value is -4.08. The number of anilines is 2. The fourth-order valence-electron chi connectivity index (χ4n) is 4.70. The summed E-state index contributed by atoms with van der Waals surface area (Å²) in [5.74, 6) is -1.75. The van der Waals surface area contributed by atoms with Crippen molar-refractivity contribution in [1.82, 2.24) is 0 Å².